The van der Waals surface area contributed by atoms with Crippen molar-refractivity contribution < 1.29 is 57.7 Å². The van der Waals surface area contributed by atoms with Gasteiger partial charge in [0.15, 0.2) is 0 Å². The predicted octanol–water partition coefficient (Wildman–Crippen LogP) is 7.07. The van der Waals surface area contributed by atoms with E-state index >= 15 is 0 Å². The lowest BCUT2D eigenvalue weighted by molar-refractivity contribution is -0.143. The molecule has 2 atom stereocenters. The van der Waals surface area contributed by atoms with Gasteiger partial charge in [-0.25, -0.2) is 9.59 Å². The second-order valence-corrected chi connectivity index (χ2v) is 15.9. The van der Waals surface area contributed by atoms with Crippen molar-refractivity contribution in [1.29, 1.82) is 0 Å². The summed E-state index contributed by atoms with van der Waals surface area (Å²) < 4.78 is 44.9. The lowest BCUT2D eigenvalue weighted by Gasteiger charge is -2.35. The van der Waals surface area contributed by atoms with Crippen molar-refractivity contribution in [2.75, 3.05) is 79.3 Å². The SMILES string of the molecule is C=C(C)C(=O)OCC(O)COCCOCCOc1c(C)cc(C2(c3cc(C)c(OCCOCCOCC(O)COC(=O)C(=C)C)c(C)c3)c3ccccc3-c3ccccc32)cc1C. The maximum absolute atomic E-state index is 11.5. The number of carbonyl (C=O) groups is 2. The topological polar surface area (TPSA) is 148 Å². The van der Waals surface area contributed by atoms with Crippen LogP contribution in [0.2, 0.25) is 0 Å². The van der Waals surface area contributed by atoms with Crippen LogP contribution in [0.4, 0.5) is 0 Å². The average molecular weight is 867 g/mol. The first-order valence-electron chi connectivity index (χ1n) is 21.3. The van der Waals surface area contributed by atoms with Gasteiger partial charge in [0.05, 0.1) is 58.3 Å². The molecule has 1 aliphatic rings. The highest BCUT2D eigenvalue weighted by Gasteiger charge is 2.46. The number of esters is 2. The fraction of sp³-hybridized carbons (Fsp3) is 0.412. The van der Waals surface area contributed by atoms with Crippen LogP contribution >= 0.6 is 0 Å². The molecule has 0 heterocycles. The van der Waals surface area contributed by atoms with Crippen molar-refractivity contribution >= 4 is 11.9 Å². The molecule has 0 radical (unpaired) electrons. The van der Waals surface area contributed by atoms with Gasteiger partial charge in [-0.05, 0) is 97.2 Å². The zero-order valence-corrected chi connectivity index (χ0v) is 37.5. The highest BCUT2D eigenvalue weighted by molar-refractivity contribution is 5.88. The molecule has 0 amide bonds. The molecule has 2 N–H and O–H groups in total. The van der Waals surface area contributed by atoms with Crippen LogP contribution in [-0.2, 0) is 43.4 Å². The Morgan fingerprint density at radius 2 is 0.857 bits per heavy atom. The number of rotatable bonds is 26. The maximum Gasteiger partial charge on any atom is 0.333 e. The van der Waals surface area contributed by atoms with E-state index in [1.165, 1.54) is 22.3 Å². The summed E-state index contributed by atoms with van der Waals surface area (Å²) in [6, 6.07) is 26.2. The van der Waals surface area contributed by atoms with Gasteiger partial charge >= 0.3 is 11.9 Å². The lowest BCUT2D eigenvalue weighted by Crippen LogP contribution is -2.29. The van der Waals surface area contributed by atoms with Crippen LogP contribution in [0.15, 0.2) is 97.1 Å². The fourth-order valence-corrected chi connectivity index (χ4v) is 7.78. The molecule has 4 aromatic rings. The predicted molar refractivity (Wildman–Crippen MR) is 241 cm³/mol. The molecular formula is C51H62O12. The second-order valence-electron chi connectivity index (χ2n) is 15.9. The van der Waals surface area contributed by atoms with Gasteiger partial charge in [-0.1, -0.05) is 86.0 Å². The van der Waals surface area contributed by atoms with Gasteiger partial charge in [-0.2, -0.15) is 0 Å². The van der Waals surface area contributed by atoms with Crippen molar-refractivity contribution in [2.45, 2.75) is 59.2 Å². The molecule has 1 aliphatic carbocycles. The van der Waals surface area contributed by atoms with E-state index in [0.29, 0.717) is 39.6 Å². The van der Waals surface area contributed by atoms with E-state index < -0.39 is 29.6 Å². The first kappa shape index (κ1) is 48.7. The summed E-state index contributed by atoms with van der Waals surface area (Å²) in [6.07, 6.45) is -1.87. The van der Waals surface area contributed by atoms with Gasteiger partial charge in [-0.15, -0.1) is 0 Å². The van der Waals surface area contributed by atoms with E-state index in [9.17, 15) is 19.8 Å². The van der Waals surface area contributed by atoms with Crippen LogP contribution in [0.25, 0.3) is 11.1 Å². The molecule has 12 heteroatoms. The van der Waals surface area contributed by atoms with Gasteiger partial charge in [0.25, 0.3) is 0 Å². The van der Waals surface area contributed by atoms with Crippen molar-refractivity contribution in [1.82, 2.24) is 0 Å². The smallest absolute Gasteiger partial charge is 0.333 e. The Morgan fingerprint density at radius 1 is 0.524 bits per heavy atom. The molecule has 0 saturated carbocycles. The zero-order valence-electron chi connectivity index (χ0n) is 37.5. The molecule has 0 aliphatic heterocycles. The van der Waals surface area contributed by atoms with Crippen molar-refractivity contribution in [3.63, 3.8) is 0 Å². The lowest BCUT2D eigenvalue weighted by atomic mass is 9.66. The summed E-state index contributed by atoms with van der Waals surface area (Å²) >= 11 is 0. The minimum absolute atomic E-state index is 0.0182. The third kappa shape index (κ3) is 12.4. The Bertz CT molecular complexity index is 2010. The highest BCUT2D eigenvalue weighted by Crippen LogP contribution is 2.57. The Balaban J connectivity index is 1.23. The van der Waals surface area contributed by atoms with Crippen LogP contribution in [-0.4, -0.2) is 114 Å². The van der Waals surface area contributed by atoms with Crippen LogP contribution in [0, 0.1) is 27.7 Å². The minimum Gasteiger partial charge on any atom is -0.491 e. The monoisotopic (exact) mass is 866 g/mol. The molecule has 5 rings (SSSR count). The Morgan fingerprint density at radius 3 is 1.22 bits per heavy atom. The number of aliphatic hydroxyl groups is 2. The van der Waals surface area contributed by atoms with Gasteiger partial charge in [0.1, 0.15) is 50.1 Å². The maximum atomic E-state index is 11.5. The number of hydrogen-bond acceptors (Lipinski definition) is 12. The summed E-state index contributed by atoms with van der Waals surface area (Å²) in [5.41, 5.74) is 11.0. The van der Waals surface area contributed by atoms with Crippen molar-refractivity contribution in [3.8, 4) is 22.6 Å². The molecule has 0 spiro atoms. The van der Waals surface area contributed by atoms with E-state index in [1.54, 1.807) is 13.8 Å². The highest BCUT2D eigenvalue weighted by atomic mass is 16.6. The number of carbonyl (C=O) groups excluding carboxylic acids is 2. The molecule has 12 nitrogen and oxygen atoms in total. The minimum atomic E-state index is -0.934. The largest absolute Gasteiger partial charge is 0.491 e. The quantitative estimate of drug-likeness (QED) is 0.0333. The average Bonchev–Trinajstić information content (AvgIpc) is 3.56. The van der Waals surface area contributed by atoms with Crippen LogP contribution in [0.5, 0.6) is 11.5 Å². The molecule has 0 bridgehead atoms. The molecular weight excluding hydrogens is 805 g/mol. The fourth-order valence-electron chi connectivity index (χ4n) is 7.78. The number of ether oxygens (including phenoxy) is 8. The summed E-state index contributed by atoms with van der Waals surface area (Å²) in [6.45, 7) is 20.7. The summed E-state index contributed by atoms with van der Waals surface area (Å²) in [4.78, 5) is 23.0. The number of aryl methyl sites for hydroxylation is 4. The molecule has 0 saturated heterocycles. The molecule has 0 aromatic heterocycles. The molecule has 338 valence electrons. The van der Waals surface area contributed by atoms with E-state index in [2.05, 4.69) is 114 Å². The standard InChI is InChI=1S/C51H62O12/c1-33(2)49(54)62-31-41(52)29-58-19-17-56-21-23-60-47-35(5)25-39(26-36(47)6)51(45-15-11-9-13-43(45)44-14-10-12-16-46(44)51)40-27-37(7)48(38(8)28-40)61-24-22-57-18-20-59-30-42(53)32-63-50(55)34(3)4/h9-16,25-28,41-42,52-53H,1,3,17-24,29-32H2,2,4-8H3. The van der Waals surface area contributed by atoms with Crippen LogP contribution < -0.4 is 9.47 Å². The normalized spacial score (nSPS) is 13.4. The van der Waals surface area contributed by atoms with E-state index in [0.717, 1.165) is 44.9 Å². The molecule has 4 aromatic carbocycles. The molecule has 0 fully saturated rings. The first-order chi connectivity index (χ1) is 30.2. The Hall–Kier alpha value is -5.34. The van der Waals surface area contributed by atoms with Gasteiger partial charge in [0, 0.05) is 11.1 Å². The summed E-state index contributed by atoms with van der Waals surface area (Å²) in [7, 11) is 0. The van der Waals surface area contributed by atoms with Crippen molar-refractivity contribution in [3.05, 3.63) is 142 Å². The summed E-state index contributed by atoms with van der Waals surface area (Å²) in [5.74, 6) is 0.522. The third-order valence-electron chi connectivity index (χ3n) is 10.6. The van der Waals surface area contributed by atoms with Gasteiger partial charge in [0.2, 0.25) is 0 Å². The third-order valence-corrected chi connectivity index (χ3v) is 10.6. The van der Waals surface area contributed by atoms with E-state index in [1.807, 2.05) is 0 Å². The zero-order chi connectivity index (χ0) is 45.5. The number of hydrogen-bond donors (Lipinski definition) is 2. The number of benzene rings is 4. The van der Waals surface area contributed by atoms with E-state index in [-0.39, 0.29) is 50.8 Å². The van der Waals surface area contributed by atoms with E-state index in [4.69, 9.17) is 37.9 Å². The molecule has 2 unspecified atom stereocenters. The Labute approximate surface area is 371 Å². The number of fused-ring (bicyclic) bond motifs is 3. The first-order valence-corrected chi connectivity index (χ1v) is 21.3. The van der Waals surface area contributed by atoms with Gasteiger partial charge in [-0.3, -0.25) is 0 Å². The Kier molecular flexibility index (Phi) is 18.1. The second kappa shape index (κ2) is 23.4. The number of aliphatic hydroxyl groups excluding tert-OH is 2. The van der Waals surface area contributed by atoms with Crippen LogP contribution in [0.1, 0.15) is 58.4 Å². The van der Waals surface area contributed by atoms with Gasteiger partial charge < -0.3 is 48.1 Å². The van der Waals surface area contributed by atoms with Crippen molar-refractivity contribution in [2.24, 2.45) is 0 Å². The molecule has 63 heavy (non-hydrogen) atoms. The summed E-state index contributed by atoms with van der Waals surface area (Å²) in [5, 5.41) is 20.0. The van der Waals surface area contributed by atoms with Crippen LogP contribution in [0.3, 0.4) is 0 Å².